The quantitative estimate of drug-likeness (QED) is 0.206. The molecule has 0 radical (unpaired) electrons. The van der Waals surface area contributed by atoms with Gasteiger partial charge in [-0.05, 0) is 0 Å². The van der Waals surface area contributed by atoms with Crippen molar-refractivity contribution in [1.29, 1.82) is 0 Å². The van der Waals surface area contributed by atoms with Crippen molar-refractivity contribution in [3.8, 4) is 0 Å². The third-order valence-corrected chi connectivity index (χ3v) is 17.8. The molecule has 1 aliphatic heterocycles. The fourth-order valence-electron chi connectivity index (χ4n) is 7.17. The van der Waals surface area contributed by atoms with Gasteiger partial charge in [-0.3, -0.25) is 0 Å². The first kappa shape index (κ1) is 22.0. The van der Waals surface area contributed by atoms with Gasteiger partial charge in [0.25, 0.3) is 0 Å². The zero-order chi connectivity index (χ0) is 24.0. The van der Waals surface area contributed by atoms with Crippen molar-refractivity contribution in [1.82, 2.24) is 0 Å². The molecular weight excluding hydrogens is 490 g/mol. The van der Waals surface area contributed by atoms with Gasteiger partial charge in [0.05, 0.1) is 0 Å². The Morgan fingerprint density at radius 2 is 0.917 bits per heavy atom. The van der Waals surface area contributed by atoms with Crippen molar-refractivity contribution in [2.75, 3.05) is 0 Å². The van der Waals surface area contributed by atoms with Crippen molar-refractivity contribution >= 4 is 52.7 Å². The zero-order valence-corrected chi connectivity index (χ0v) is 23.0. The average Bonchev–Trinajstić information content (AvgIpc) is 2.96. The van der Waals surface area contributed by atoms with E-state index in [2.05, 4.69) is 127 Å². The normalized spacial score (nSPS) is 15.5. The van der Waals surface area contributed by atoms with Gasteiger partial charge in [0.1, 0.15) is 0 Å². The number of hydrogen-bond donors (Lipinski definition) is 0. The van der Waals surface area contributed by atoms with Crippen LogP contribution in [-0.4, -0.2) is 16.2 Å². The fourth-order valence-corrected chi connectivity index (χ4v) is 17.3. The predicted octanol–water partition coefficient (Wildman–Crippen LogP) is 8.56. The molecule has 1 fully saturated rings. The first-order valence-electron chi connectivity index (χ1n) is 13.3. The molecule has 0 amide bonds. The van der Waals surface area contributed by atoms with Gasteiger partial charge >= 0.3 is 219 Å². The van der Waals surface area contributed by atoms with Crippen LogP contribution in [0.2, 0.25) is 4.98 Å². The second-order valence-electron chi connectivity index (χ2n) is 10.4. The molecule has 6 aromatic rings. The van der Waals surface area contributed by atoms with Crippen molar-refractivity contribution in [2.24, 2.45) is 0 Å². The molecule has 0 spiro atoms. The van der Waals surface area contributed by atoms with Crippen LogP contribution >= 0.6 is 0 Å². The third-order valence-electron chi connectivity index (χ3n) is 8.65. The number of benzene rings is 6. The Morgan fingerprint density at radius 1 is 0.444 bits per heavy atom. The summed E-state index contributed by atoms with van der Waals surface area (Å²) in [5.41, 5.74) is 3.13. The van der Waals surface area contributed by atoms with Gasteiger partial charge < -0.3 is 0 Å². The molecule has 0 saturated carbocycles. The van der Waals surface area contributed by atoms with E-state index in [1.54, 1.807) is 15.2 Å². The summed E-state index contributed by atoms with van der Waals surface area (Å²) in [6.07, 6.45) is 3.88. The van der Waals surface area contributed by atoms with E-state index in [9.17, 15) is 0 Å². The maximum absolute atomic E-state index is 2.49. The molecule has 6 aromatic carbocycles. The third kappa shape index (κ3) is 3.38. The van der Waals surface area contributed by atoms with Gasteiger partial charge in [-0.1, -0.05) is 0 Å². The van der Waals surface area contributed by atoms with Crippen molar-refractivity contribution in [2.45, 2.75) is 28.2 Å². The van der Waals surface area contributed by atoms with Gasteiger partial charge in [0.2, 0.25) is 0 Å². The van der Waals surface area contributed by atoms with Crippen LogP contribution in [-0.2, 0) is 3.97 Å². The Labute approximate surface area is 218 Å². The van der Waals surface area contributed by atoms with Crippen LogP contribution in [0, 0.1) is 0 Å². The molecule has 0 atom stereocenters. The average molecular weight is 519 g/mol. The summed E-state index contributed by atoms with van der Waals surface area (Å²) in [6, 6.07) is 48.5. The second-order valence-corrected chi connectivity index (χ2v) is 17.3. The van der Waals surface area contributed by atoms with Gasteiger partial charge in [-0.2, -0.15) is 0 Å². The SMILES string of the molecule is c1ccc2[c]([Ga]3[CH2]CCC[C]3(c3cccc4ccccc34)c3cccc4ccccc34)cccc2c1. The molecule has 1 heteroatoms. The summed E-state index contributed by atoms with van der Waals surface area (Å²) in [7, 11) is 0. The van der Waals surface area contributed by atoms with E-state index in [1.807, 2.05) is 0 Å². The molecule has 1 saturated heterocycles. The fraction of sp³-hybridized carbons (Fsp3) is 0.143. The predicted molar refractivity (Wildman–Crippen MR) is 157 cm³/mol. The topological polar surface area (TPSA) is 0 Å². The molecule has 0 N–H and O–H groups in total. The second kappa shape index (κ2) is 8.99. The van der Waals surface area contributed by atoms with Gasteiger partial charge in [0, 0.05) is 0 Å². The molecule has 0 aromatic heterocycles. The first-order valence-corrected chi connectivity index (χ1v) is 17.4. The summed E-state index contributed by atoms with van der Waals surface area (Å²) < 4.78 is 1.76. The summed E-state index contributed by atoms with van der Waals surface area (Å²) in [4.78, 5) is 1.38. The molecular formula is C35H29Ga. The van der Waals surface area contributed by atoms with E-state index < -0.39 is 16.2 Å². The molecule has 0 unspecified atom stereocenters. The van der Waals surface area contributed by atoms with E-state index in [4.69, 9.17) is 0 Å². The van der Waals surface area contributed by atoms with E-state index >= 15 is 0 Å². The van der Waals surface area contributed by atoms with Crippen LogP contribution in [0.25, 0.3) is 32.3 Å². The summed E-state index contributed by atoms with van der Waals surface area (Å²) in [6.45, 7) is 0. The van der Waals surface area contributed by atoms with E-state index in [0.717, 1.165) is 0 Å². The monoisotopic (exact) mass is 518 g/mol. The molecule has 1 aliphatic rings. The molecule has 36 heavy (non-hydrogen) atoms. The Bertz CT molecular complexity index is 1620. The van der Waals surface area contributed by atoms with Crippen LogP contribution in [0.4, 0.5) is 0 Å². The van der Waals surface area contributed by atoms with E-state index in [0.29, 0.717) is 0 Å². The molecule has 172 valence electrons. The minimum atomic E-state index is -2.24. The Balaban J connectivity index is 1.62. The van der Waals surface area contributed by atoms with Crippen molar-refractivity contribution in [3.63, 3.8) is 0 Å². The standard InChI is InChI=1S/C25H22.C10H7.Ga/c1-2-3-14-25(23-17-8-12-19-10-4-6-15-21(19)23)24-18-9-13-20-11-5-7-16-22(20)24;1-2-6-10-8-4-3-7-9(10)5-1;/h4-13,15-18H,1-3,14H2;1-7H;. The van der Waals surface area contributed by atoms with Crippen molar-refractivity contribution < 1.29 is 0 Å². The number of fused-ring (bicyclic) bond motifs is 3. The Kier molecular flexibility index (Phi) is 5.49. The Hall–Kier alpha value is -3.26. The summed E-state index contributed by atoms with van der Waals surface area (Å²) in [5.74, 6) is 0. The molecule has 0 aliphatic carbocycles. The van der Waals surface area contributed by atoms with Crippen LogP contribution in [0.15, 0.2) is 127 Å². The van der Waals surface area contributed by atoms with Crippen molar-refractivity contribution in [3.05, 3.63) is 139 Å². The zero-order valence-electron chi connectivity index (χ0n) is 20.5. The minimum absolute atomic E-state index is 0.0805. The maximum atomic E-state index is 2.49. The molecule has 0 bridgehead atoms. The van der Waals surface area contributed by atoms with Crippen LogP contribution < -0.4 is 4.12 Å². The molecule has 7 rings (SSSR count). The van der Waals surface area contributed by atoms with Crippen LogP contribution in [0.1, 0.15) is 30.4 Å². The van der Waals surface area contributed by atoms with Crippen LogP contribution in [0.5, 0.6) is 0 Å². The van der Waals surface area contributed by atoms with E-state index in [-0.39, 0.29) is 3.97 Å². The van der Waals surface area contributed by atoms with Gasteiger partial charge in [0.15, 0.2) is 0 Å². The Morgan fingerprint density at radius 3 is 1.53 bits per heavy atom. The van der Waals surface area contributed by atoms with Gasteiger partial charge in [-0.15, -0.1) is 0 Å². The molecule has 1 heterocycles. The van der Waals surface area contributed by atoms with Crippen LogP contribution in [0.3, 0.4) is 0 Å². The number of rotatable bonds is 3. The number of hydrogen-bond acceptors (Lipinski definition) is 0. The van der Waals surface area contributed by atoms with E-state index in [1.165, 1.54) is 56.6 Å². The summed E-state index contributed by atoms with van der Waals surface area (Å²) in [5, 5.41) is 8.46. The molecule has 0 nitrogen and oxygen atoms in total. The van der Waals surface area contributed by atoms with Gasteiger partial charge in [-0.25, -0.2) is 0 Å². The summed E-state index contributed by atoms with van der Waals surface area (Å²) >= 11 is -2.24. The first-order chi connectivity index (χ1) is 17.9.